The third-order valence-corrected chi connectivity index (χ3v) is 3.84. The molecule has 1 aliphatic rings. The molecule has 2 unspecified atom stereocenters. The summed E-state index contributed by atoms with van der Waals surface area (Å²) in [6.07, 6.45) is 1.34. The Balaban J connectivity index is 1.72. The molecule has 1 aromatic rings. The van der Waals surface area contributed by atoms with Crippen molar-refractivity contribution in [2.75, 3.05) is 19.8 Å². The third kappa shape index (κ3) is 5.02. The molecular weight excluding hydrogens is 270 g/mol. The Labute approximate surface area is 125 Å². The molecule has 1 aromatic carbocycles. The molecule has 0 aliphatic carbocycles. The second-order valence-corrected chi connectivity index (χ2v) is 5.69. The van der Waals surface area contributed by atoms with E-state index in [4.69, 9.17) is 9.47 Å². The first-order chi connectivity index (χ1) is 10.1. The number of hydrogen-bond donors (Lipinski definition) is 2. The van der Waals surface area contributed by atoms with Crippen molar-refractivity contribution in [3.8, 4) is 0 Å². The van der Waals surface area contributed by atoms with E-state index in [1.165, 1.54) is 0 Å². The molecular formula is C16H23NO4. The molecule has 116 valence electrons. The maximum absolute atomic E-state index is 11.7. The summed E-state index contributed by atoms with van der Waals surface area (Å²) in [6.45, 7) is 3.40. The Bertz CT molecular complexity index is 441. The maximum Gasteiger partial charge on any atom is 0.407 e. The fourth-order valence-electron chi connectivity index (χ4n) is 2.40. The van der Waals surface area contributed by atoms with Gasteiger partial charge in [0.1, 0.15) is 6.61 Å². The molecule has 1 fully saturated rings. The zero-order valence-electron chi connectivity index (χ0n) is 12.4. The topological polar surface area (TPSA) is 67.8 Å². The SMILES string of the molecule is CC(O)(CNC(=O)OCc1ccccc1)C1CCCOC1. The van der Waals surface area contributed by atoms with Gasteiger partial charge in [0.15, 0.2) is 0 Å². The van der Waals surface area contributed by atoms with Gasteiger partial charge in [0, 0.05) is 19.1 Å². The van der Waals surface area contributed by atoms with Crippen molar-refractivity contribution >= 4 is 6.09 Å². The minimum Gasteiger partial charge on any atom is -0.445 e. The van der Waals surface area contributed by atoms with E-state index in [0.717, 1.165) is 25.0 Å². The predicted molar refractivity (Wildman–Crippen MR) is 78.8 cm³/mol. The van der Waals surface area contributed by atoms with Gasteiger partial charge in [-0.2, -0.15) is 0 Å². The summed E-state index contributed by atoms with van der Waals surface area (Å²) in [7, 11) is 0. The quantitative estimate of drug-likeness (QED) is 0.872. The average Bonchev–Trinajstić information content (AvgIpc) is 2.53. The van der Waals surface area contributed by atoms with Crippen LogP contribution < -0.4 is 5.32 Å². The number of amides is 1. The Morgan fingerprint density at radius 3 is 2.90 bits per heavy atom. The monoisotopic (exact) mass is 293 g/mol. The summed E-state index contributed by atoms with van der Waals surface area (Å²) < 4.78 is 10.5. The highest BCUT2D eigenvalue weighted by molar-refractivity contribution is 5.67. The number of hydrogen-bond acceptors (Lipinski definition) is 4. The summed E-state index contributed by atoms with van der Waals surface area (Å²) >= 11 is 0. The lowest BCUT2D eigenvalue weighted by atomic mass is 9.85. The van der Waals surface area contributed by atoms with E-state index in [1.807, 2.05) is 30.3 Å². The van der Waals surface area contributed by atoms with Gasteiger partial charge in [-0.1, -0.05) is 30.3 Å². The van der Waals surface area contributed by atoms with Crippen LogP contribution in [0.25, 0.3) is 0 Å². The van der Waals surface area contributed by atoms with Crippen molar-refractivity contribution in [2.45, 2.75) is 32.0 Å². The first-order valence-corrected chi connectivity index (χ1v) is 7.32. The Morgan fingerprint density at radius 2 is 2.24 bits per heavy atom. The highest BCUT2D eigenvalue weighted by atomic mass is 16.5. The maximum atomic E-state index is 11.7. The molecule has 0 saturated carbocycles. The molecule has 2 atom stereocenters. The smallest absolute Gasteiger partial charge is 0.407 e. The summed E-state index contributed by atoms with van der Waals surface area (Å²) in [5, 5.41) is 13.0. The van der Waals surface area contributed by atoms with Crippen LogP contribution in [0.15, 0.2) is 30.3 Å². The van der Waals surface area contributed by atoms with Crippen LogP contribution in [0.1, 0.15) is 25.3 Å². The van der Waals surface area contributed by atoms with E-state index in [2.05, 4.69) is 5.32 Å². The largest absolute Gasteiger partial charge is 0.445 e. The molecule has 2 N–H and O–H groups in total. The molecule has 1 amide bonds. The van der Waals surface area contributed by atoms with Gasteiger partial charge in [-0.3, -0.25) is 0 Å². The first kappa shape index (κ1) is 15.8. The van der Waals surface area contributed by atoms with Gasteiger partial charge in [-0.05, 0) is 25.3 Å². The Morgan fingerprint density at radius 1 is 1.48 bits per heavy atom. The lowest BCUT2D eigenvalue weighted by Crippen LogP contribution is -2.48. The second-order valence-electron chi connectivity index (χ2n) is 5.69. The van der Waals surface area contributed by atoms with Crippen molar-refractivity contribution < 1.29 is 19.4 Å². The molecule has 1 aliphatic heterocycles. The standard InChI is InChI=1S/C16H23NO4/c1-16(19,14-8-5-9-20-11-14)12-17-15(18)21-10-13-6-3-2-4-7-13/h2-4,6-7,14,19H,5,8-12H2,1H3,(H,17,18). The van der Waals surface area contributed by atoms with Gasteiger partial charge in [0.05, 0.1) is 12.2 Å². The van der Waals surface area contributed by atoms with Crippen LogP contribution in [0.4, 0.5) is 4.79 Å². The molecule has 0 aromatic heterocycles. The third-order valence-electron chi connectivity index (χ3n) is 3.84. The number of aliphatic hydroxyl groups is 1. The van der Waals surface area contributed by atoms with E-state index in [1.54, 1.807) is 6.92 Å². The normalized spacial score (nSPS) is 21.3. The van der Waals surface area contributed by atoms with Crippen molar-refractivity contribution in [2.24, 2.45) is 5.92 Å². The van der Waals surface area contributed by atoms with Crippen LogP contribution in [0.5, 0.6) is 0 Å². The molecule has 1 saturated heterocycles. The second kappa shape index (κ2) is 7.43. The number of nitrogens with one attached hydrogen (secondary N) is 1. The molecule has 5 nitrogen and oxygen atoms in total. The number of carbonyl (C=O) groups excluding carboxylic acids is 1. The van der Waals surface area contributed by atoms with Crippen molar-refractivity contribution in [1.29, 1.82) is 0 Å². The minimum absolute atomic E-state index is 0.0423. The molecule has 1 heterocycles. The molecule has 2 rings (SSSR count). The number of carbonyl (C=O) groups is 1. The van der Waals surface area contributed by atoms with Gasteiger partial charge in [0.2, 0.25) is 0 Å². The van der Waals surface area contributed by atoms with Gasteiger partial charge >= 0.3 is 6.09 Å². The van der Waals surface area contributed by atoms with E-state index < -0.39 is 11.7 Å². The van der Waals surface area contributed by atoms with Crippen LogP contribution in [0.2, 0.25) is 0 Å². The van der Waals surface area contributed by atoms with Crippen molar-refractivity contribution in [3.63, 3.8) is 0 Å². The van der Waals surface area contributed by atoms with Crippen molar-refractivity contribution in [1.82, 2.24) is 5.32 Å². The summed E-state index contributed by atoms with van der Waals surface area (Å²) in [5.41, 5.74) is -0.0493. The van der Waals surface area contributed by atoms with Gasteiger partial charge in [-0.15, -0.1) is 0 Å². The van der Waals surface area contributed by atoms with Gasteiger partial charge in [-0.25, -0.2) is 4.79 Å². The highest BCUT2D eigenvalue weighted by Crippen LogP contribution is 2.25. The predicted octanol–water partition coefficient (Wildman–Crippen LogP) is 2.09. The molecule has 0 spiro atoms. The minimum atomic E-state index is -0.980. The van der Waals surface area contributed by atoms with Gasteiger partial charge < -0.3 is 19.9 Å². The average molecular weight is 293 g/mol. The lowest BCUT2D eigenvalue weighted by Gasteiger charge is -2.35. The van der Waals surface area contributed by atoms with E-state index >= 15 is 0 Å². The van der Waals surface area contributed by atoms with Crippen molar-refractivity contribution in [3.05, 3.63) is 35.9 Å². The number of alkyl carbamates (subject to hydrolysis) is 1. The molecule has 5 heteroatoms. The van der Waals surface area contributed by atoms with E-state index in [0.29, 0.717) is 6.61 Å². The lowest BCUT2D eigenvalue weighted by molar-refractivity contribution is -0.0659. The van der Waals surface area contributed by atoms with Crippen LogP contribution >= 0.6 is 0 Å². The van der Waals surface area contributed by atoms with Crippen LogP contribution in [-0.2, 0) is 16.1 Å². The highest BCUT2D eigenvalue weighted by Gasteiger charge is 2.33. The Kier molecular flexibility index (Phi) is 5.59. The molecule has 0 bridgehead atoms. The van der Waals surface area contributed by atoms with Gasteiger partial charge in [0.25, 0.3) is 0 Å². The van der Waals surface area contributed by atoms with Crippen LogP contribution in [0, 0.1) is 5.92 Å². The summed E-state index contributed by atoms with van der Waals surface area (Å²) in [6, 6.07) is 9.48. The fraction of sp³-hybridized carbons (Fsp3) is 0.562. The summed E-state index contributed by atoms with van der Waals surface area (Å²) in [5.74, 6) is 0.0423. The fourth-order valence-corrected chi connectivity index (χ4v) is 2.40. The molecule has 21 heavy (non-hydrogen) atoms. The summed E-state index contributed by atoms with van der Waals surface area (Å²) in [4.78, 5) is 11.7. The van der Waals surface area contributed by atoms with Crippen LogP contribution in [-0.4, -0.2) is 36.6 Å². The zero-order valence-corrected chi connectivity index (χ0v) is 12.4. The number of ether oxygens (including phenoxy) is 2. The van der Waals surface area contributed by atoms with Crippen LogP contribution in [0.3, 0.4) is 0 Å². The zero-order chi connectivity index (χ0) is 15.1. The van der Waals surface area contributed by atoms with E-state index in [-0.39, 0.29) is 19.1 Å². The first-order valence-electron chi connectivity index (χ1n) is 7.32. The Hall–Kier alpha value is -1.59. The molecule has 0 radical (unpaired) electrons. The van der Waals surface area contributed by atoms with E-state index in [9.17, 15) is 9.90 Å². The number of rotatable bonds is 5. The number of benzene rings is 1.